The molecule has 0 unspecified atom stereocenters. The molecule has 0 aliphatic rings. The quantitative estimate of drug-likeness (QED) is 0.345. The molecule has 4 rings (SSSR count). The summed E-state index contributed by atoms with van der Waals surface area (Å²) in [6, 6.07) is 13.7. The first kappa shape index (κ1) is 20.3. The number of benzene rings is 2. The van der Waals surface area contributed by atoms with E-state index in [2.05, 4.69) is 10.3 Å². The minimum Gasteiger partial charge on any atom is -0.484 e. The fraction of sp³-hybridized carbons (Fsp3) is 0.0476. The molecule has 4 aromatic rings. The highest BCUT2D eigenvalue weighted by Gasteiger charge is 2.10. The number of nitrogens with zero attached hydrogens (tertiary/aromatic N) is 3. The van der Waals surface area contributed by atoms with E-state index in [0.717, 1.165) is 11.6 Å². The second kappa shape index (κ2) is 8.41. The molecular formula is C21H14ClFN4O4. The van der Waals surface area contributed by atoms with Crippen LogP contribution < -0.4 is 10.1 Å². The zero-order valence-corrected chi connectivity index (χ0v) is 16.5. The molecule has 8 nitrogen and oxygen atoms in total. The summed E-state index contributed by atoms with van der Waals surface area (Å²) in [5.74, 6) is -0.524. The van der Waals surface area contributed by atoms with Gasteiger partial charge in [-0.2, -0.15) is 0 Å². The van der Waals surface area contributed by atoms with Gasteiger partial charge in [-0.05, 0) is 48.5 Å². The summed E-state index contributed by atoms with van der Waals surface area (Å²) in [5.41, 5.74) is 2.34. The topological polar surface area (TPSA) is 98.8 Å². The molecule has 0 bridgehead atoms. The molecule has 0 atom stereocenters. The fourth-order valence-electron chi connectivity index (χ4n) is 2.87. The number of anilines is 1. The Labute approximate surface area is 180 Å². The second-order valence-corrected chi connectivity index (χ2v) is 6.93. The number of rotatable bonds is 6. The summed E-state index contributed by atoms with van der Waals surface area (Å²) in [6.07, 6.45) is 3.09. The Morgan fingerprint density at radius 2 is 1.94 bits per heavy atom. The van der Waals surface area contributed by atoms with E-state index in [-0.39, 0.29) is 17.3 Å². The van der Waals surface area contributed by atoms with Crippen LogP contribution in [0.4, 0.5) is 15.8 Å². The lowest BCUT2D eigenvalue weighted by molar-refractivity contribution is -0.385. The number of hydrogen-bond donors (Lipinski definition) is 1. The predicted molar refractivity (Wildman–Crippen MR) is 113 cm³/mol. The number of fused-ring (bicyclic) bond motifs is 1. The van der Waals surface area contributed by atoms with Gasteiger partial charge in [0.1, 0.15) is 17.2 Å². The lowest BCUT2D eigenvalue weighted by Crippen LogP contribution is -2.20. The third-order valence-electron chi connectivity index (χ3n) is 4.37. The number of ether oxygens (including phenoxy) is 1. The summed E-state index contributed by atoms with van der Waals surface area (Å²) in [5, 5.41) is 13.4. The Morgan fingerprint density at radius 1 is 1.16 bits per heavy atom. The summed E-state index contributed by atoms with van der Waals surface area (Å²) < 4.78 is 20.2. The molecule has 1 amide bonds. The molecule has 31 heavy (non-hydrogen) atoms. The average molecular weight is 441 g/mol. The lowest BCUT2D eigenvalue weighted by atomic mass is 10.2. The van der Waals surface area contributed by atoms with Gasteiger partial charge in [-0.25, -0.2) is 9.37 Å². The van der Waals surface area contributed by atoms with Gasteiger partial charge < -0.3 is 10.1 Å². The Bertz CT molecular complexity index is 1290. The number of nitro groups is 1. The highest BCUT2D eigenvalue weighted by Crippen LogP contribution is 2.24. The first-order valence-corrected chi connectivity index (χ1v) is 9.38. The van der Waals surface area contributed by atoms with E-state index in [4.69, 9.17) is 16.3 Å². The maximum atomic E-state index is 13.2. The molecule has 2 heterocycles. The van der Waals surface area contributed by atoms with Crippen molar-refractivity contribution < 1.29 is 18.8 Å². The van der Waals surface area contributed by atoms with E-state index in [1.807, 2.05) is 0 Å². The van der Waals surface area contributed by atoms with Crippen molar-refractivity contribution in [3.8, 4) is 17.0 Å². The molecule has 0 spiro atoms. The van der Waals surface area contributed by atoms with E-state index < -0.39 is 16.6 Å². The molecule has 2 aromatic heterocycles. The highest BCUT2D eigenvalue weighted by molar-refractivity contribution is 6.31. The molecule has 0 saturated heterocycles. The number of carbonyl (C=O) groups excluding carboxylic acids is 1. The molecule has 2 aromatic carbocycles. The van der Waals surface area contributed by atoms with E-state index in [9.17, 15) is 19.3 Å². The molecule has 10 heteroatoms. The van der Waals surface area contributed by atoms with Gasteiger partial charge in [0.15, 0.2) is 6.61 Å². The Morgan fingerprint density at radius 3 is 2.65 bits per heavy atom. The van der Waals surface area contributed by atoms with Gasteiger partial charge in [0.2, 0.25) is 0 Å². The number of aromatic nitrogens is 2. The summed E-state index contributed by atoms with van der Waals surface area (Å²) in [6.45, 7) is -0.244. The van der Waals surface area contributed by atoms with Crippen molar-refractivity contribution in [1.82, 2.24) is 9.38 Å². The van der Waals surface area contributed by atoms with Gasteiger partial charge in [-0.3, -0.25) is 19.3 Å². The van der Waals surface area contributed by atoms with Crippen molar-refractivity contribution in [2.24, 2.45) is 0 Å². The first-order valence-electron chi connectivity index (χ1n) is 9.00. The van der Waals surface area contributed by atoms with Crippen LogP contribution in [-0.4, -0.2) is 26.8 Å². The van der Waals surface area contributed by atoms with E-state index in [1.165, 1.54) is 24.4 Å². The largest absolute Gasteiger partial charge is 0.484 e. The monoisotopic (exact) mass is 440 g/mol. The molecule has 0 fully saturated rings. The van der Waals surface area contributed by atoms with Crippen molar-refractivity contribution in [3.63, 3.8) is 0 Å². The van der Waals surface area contributed by atoms with Crippen LogP contribution in [0.15, 0.2) is 67.0 Å². The van der Waals surface area contributed by atoms with E-state index in [0.29, 0.717) is 22.8 Å². The van der Waals surface area contributed by atoms with Gasteiger partial charge in [0, 0.05) is 23.5 Å². The molecule has 0 aliphatic heterocycles. The molecule has 156 valence electrons. The van der Waals surface area contributed by atoms with Crippen LogP contribution in [0.2, 0.25) is 5.02 Å². The Balaban J connectivity index is 1.40. The summed E-state index contributed by atoms with van der Waals surface area (Å²) >= 11 is 5.69. The van der Waals surface area contributed by atoms with Crippen molar-refractivity contribution >= 4 is 34.5 Å². The maximum absolute atomic E-state index is 13.2. The van der Waals surface area contributed by atoms with Gasteiger partial charge in [-0.15, -0.1) is 0 Å². The fourth-order valence-corrected chi connectivity index (χ4v) is 3.05. The van der Waals surface area contributed by atoms with Crippen LogP contribution in [0.1, 0.15) is 0 Å². The maximum Gasteiger partial charge on any atom is 0.286 e. The third-order valence-corrected chi connectivity index (χ3v) is 4.66. The second-order valence-electron chi connectivity index (χ2n) is 6.53. The first-order chi connectivity index (χ1) is 14.9. The van der Waals surface area contributed by atoms with Crippen LogP contribution in [0.25, 0.3) is 16.9 Å². The average Bonchev–Trinajstić information content (AvgIpc) is 3.18. The van der Waals surface area contributed by atoms with Crippen molar-refractivity contribution in [2.45, 2.75) is 0 Å². The van der Waals surface area contributed by atoms with Gasteiger partial charge >= 0.3 is 0 Å². The minimum atomic E-state index is -0.570. The molecule has 1 N–H and O–H groups in total. The van der Waals surface area contributed by atoms with Crippen LogP contribution >= 0.6 is 11.6 Å². The normalized spacial score (nSPS) is 10.8. The van der Waals surface area contributed by atoms with Gasteiger partial charge in [0.05, 0.1) is 21.8 Å². The van der Waals surface area contributed by atoms with Crippen LogP contribution in [0.3, 0.4) is 0 Å². The number of imidazole rings is 1. The summed E-state index contributed by atoms with van der Waals surface area (Å²) in [4.78, 5) is 26.9. The predicted octanol–water partition coefficient (Wildman–Crippen LogP) is 4.72. The standard InChI is InChI=1S/C21H14ClFN4O4/c22-17-9-14(3-7-18(17)23)24-21(28)12-31-16-5-1-13(2-6-16)19-11-26-10-15(27(29)30)4-8-20(26)25-19/h1-11H,12H2,(H,24,28). The molecule has 0 saturated carbocycles. The van der Waals surface area contributed by atoms with E-state index >= 15 is 0 Å². The number of carbonyl (C=O) groups is 1. The zero-order valence-electron chi connectivity index (χ0n) is 15.8. The van der Waals surface area contributed by atoms with Crippen LogP contribution in [-0.2, 0) is 4.79 Å². The van der Waals surface area contributed by atoms with Crippen molar-refractivity contribution in [3.05, 3.63) is 87.9 Å². The lowest BCUT2D eigenvalue weighted by Gasteiger charge is -2.08. The number of pyridine rings is 1. The van der Waals surface area contributed by atoms with Crippen molar-refractivity contribution in [2.75, 3.05) is 11.9 Å². The van der Waals surface area contributed by atoms with E-state index in [1.54, 1.807) is 40.9 Å². The van der Waals surface area contributed by atoms with Crippen LogP contribution in [0.5, 0.6) is 5.75 Å². The molecule has 0 aliphatic carbocycles. The van der Waals surface area contributed by atoms with Gasteiger partial charge in [0.25, 0.3) is 11.6 Å². The minimum absolute atomic E-state index is 0.0265. The molecular weight excluding hydrogens is 427 g/mol. The third kappa shape index (κ3) is 4.62. The SMILES string of the molecule is O=C(COc1ccc(-c2cn3cc([N+](=O)[O-])ccc3n2)cc1)Nc1ccc(F)c(Cl)c1. The Kier molecular flexibility index (Phi) is 5.50. The van der Waals surface area contributed by atoms with Gasteiger partial charge in [-0.1, -0.05) is 11.6 Å². The zero-order chi connectivity index (χ0) is 22.0. The smallest absolute Gasteiger partial charge is 0.286 e. The number of halogens is 2. The number of hydrogen-bond acceptors (Lipinski definition) is 5. The highest BCUT2D eigenvalue weighted by atomic mass is 35.5. The summed E-state index contributed by atoms with van der Waals surface area (Å²) in [7, 11) is 0. The van der Waals surface area contributed by atoms with Crippen molar-refractivity contribution in [1.29, 1.82) is 0 Å². The molecule has 0 radical (unpaired) electrons. The Hall–Kier alpha value is -3.98. The van der Waals surface area contributed by atoms with Crippen LogP contribution in [0, 0.1) is 15.9 Å². The number of amides is 1. The number of nitrogens with one attached hydrogen (secondary N) is 1.